The van der Waals surface area contributed by atoms with Crippen LogP contribution in [0.1, 0.15) is 30.5 Å². The van der Waals surface area contributed by atoms with Gasteiger partial charge in [-0.2, -0.15) is 0 Å². The second-order valence-electron chi connectivity index (χ2n) is 8.28. The van der Waals surface area contributed by atoms with Crippen LogP contribution in [0.4, 0.5) is 5.69 Å². The Morgan fingerprint density at radius 2 is 1.76 bits per heavy atom. The van der Waals surface area contributed by atoms with Crippen molar-refractivity contribution in [2.45, 2.75) is 31.5 Å². The summed E-state index contributed by atoms with van der Waals surface area (Å²) in [5.74, 6) is 1.28. The fourth-order valence-corrected chi connectivity index (χ4v) is 4.63. The highest BCUT2D eigenvalue weighted by Gasteiger charge is 2.18. The van der Waals surface area contributed by atoms with Crippen molar-refractivity contribution in [3.8, 4) is 5.75 Å². The molecule has 1 aliphatic rings. The van der Waals surface area contributed by atoms with Crippen molar-refractivity contribution >= 4 is 39.3 Å². The summed E-state index contributed by atoms with van der Waals surface area (Å²) in [6, 6.07) is 22.7. The van der Waals surface area contributed by atoms with Gasteiger partial charge in [-0.05, 0) is 61.4 Å². The van der Waals surface area contributed by atoms with Gasteiger partial charge in [0, 0.05) is 10.7 Å². The van der Waals surface area contributed by atoms with Gasteiger partial charge in [0.2, 0.25) is 0 Å². The normalized spacial score (nSPS) is 13.8. The summed E-state index contributed by atoms with van der Waals surface area (Å²) in [5, 5.41) is 0.252. The number of amidine groups is 1. The van der Waals surface area contributed by atoms with Crippen molar-refractivity contribution in [2.24, 2.45) is 9.98 Å². The van der Waals surface area contributed by atoms with E-state index in [9.17, 15) is 8.42 Å². The first-order chi connectivity index (χ1) is 16.3. The number of nitrogens with zero attached hydrogens (tertiary/aromatic N) is 3. The van der Waals surface area contributed by atoms with Crippen molar-refractivity contribution in [3.05, 3.63) is 94.5 Å². The second kappa shape index (κ2) is 10.4. The molecular weight excluding hydrogens is 470 g/mol. The monoisotopic (exact) mass is 495 g/mol. The lowest BCUT2D eigenvalue weighted by Gasteiger charge is -2.22. The van der Waals surface area contributed by atoms with Gasteiger partial charge in [-0.25, -0.2) is 18.4 Å². The van der Waals surface area contributed by atoms with Gasteiger partial charge in [0.15, 0.2) is 15.7 Å². The van der Waals surface area contributed by atoms with Gasteiger partial charge in [-0.1, -0.05) is 48.0 Å². The third-order valence-electron chi connectivity index (χ3n) is 5.43. The minimum Gasteiger partial charge on any atom is -0.488 e. The fourth-order valence-electron chi connectivity index (χ4n) is 3.44. The molecule has 0 aliphatic carbocycles. The molecule has 34 heavy (non-hydrogen) atoms. The maximum absolute atomic E-state index is 12.3. The van der Waals surface area contributed by atoms with Crippen LogP contribution in [0.15, 0.2) is 82.8 Å². The van der Waals surface area contributed by atoms with E-state index >= 15 is 0 Å². The minimum atomic E-state index is -3.18. The molecule has 0 unspecified atom stereocenters. The summed E-state index contributed by atoms with van der Waals surface area (Å²) in [6.07, 6.45) is 1.71. The summed E-state index contributed by atoms with van der Waals surface area (Å²) in [4.78, 5) is 11.1. The van der Waals surface area contributed by atoms with Crippen LogP contribution in [0, 0.1) is 0 Å². The van der Waals surface area contributed by atoms with E-state index in [0.717, 1.165) is 22.4 Å². The maximum atomic E-state index is 12.3. The first-order valence-corrected chi connectivity index (χ1v) is 13.0. The molecule has 4 rings (SSSR count). The fraction of sp³-hybridized carbons (Fsp3) is 0.231. The molecule has 8 heteroatoms. The van der Waals surface area contributed by atoms with E-state index in [1.807, 2.05) is 77.7 Å². The van der Waals surface area contributed by atoms with Gasteiger partial charge in [-0.3, -0.25) is 0 Å². The Kier molecular flexibility index (Phi) is 7.34. The van der Waals surface area contributed by atoms with Crippen LogP contribution < -0.4 is 9.64 Å². The highest BCUT2D eigenvalue weighted by Crippen LogP contribution is 2.24. The Morgan fingerprint density at radius 3 is 2.50 bits per heavy atom. The van der Waals surface area contributed by atoms with E-state index in [1.54, 1.807) is 20.2 Å². The standard InChI is InChI=1S/C26H26ClN3O3S/c1-19(2)34(31,32)16-21-8-6-10-23(14-21)30-17-28-26(29-18-30)24-11-3-4-12-25(24)33-15-20-7-5-9-22(27)13-20/h3-14,17,19H,15-16,18H2,1-2H3. The molecule has 0 spiro atoms. The number of anilines is 1. The molecule has 0 fully saturated rings. The van der Waals surface area contributed by atoms with Crippen LogP contribution in [0.5, 0.6) is 5.75 Å². The lowest BCUT2D eigenvalue weighted by atomic mass is 10.1. The lowest BCUT2D eigenvalue weighted by molar-refractivity contribution is 0.305. The number of halogens is 1. The SMILES string of the molecule is CC(C)S(=O)(=O)Cc1cccc(N2C=NC(c3ccccc3OCc3cccc(Cl)c3)=NC2)c1. The van der Waals surface area contributed by atoms with Crippen molar-refractivity contribution in [1.82, 2.24) is 0 Å². The van der Waals surface area contributed by atoms with E-state index in [2.05, 4.69) is 9.98 Å². The number of hydrogen-bond acceptors (Lipinski definition) is 6. The van der Waals surface area contributed by atoms with Gasteiger partial charge >= 0.3 is 0 Å². The highest BCUT2D eigenvalue weighted by atomic mass is 35.5. The van der Waals surface area contributed by atoms with Crippen LogP contribution in [0.25, 0.3) is 0 Å². The van der Waals surface area contributed by atoms with Crippen molar-refractivity contribution in [2.75, 3.05) is 11.6 Å². The van der Waals surface area contributed by atoms with Crippen molar-refractivity contribution in [1.29, 1.82) is 0 Å². The lowest BCUT2D eigenvalue weighted by Crippen LogP contribution is -2.27. The average molecular weight is 496 g/mol. The van der Waals surface area contributed by atoms with Crippen LogP contribution in [0.3, 0.4) is 0 Å². The number of hydrogen-bond donors (Lipinski definition) is 0. The quantitative estimate of drug-likeness (QED) is 0.414. The first kappa shape index (κ1) is 24.0. The van der Waals surface area contributed by atoms with E-state index in [1.165, 1.54) is 0 Å². The predicted octanol–water partition coefficient (Wildman–Crippen LogP) is 5.49. The van der Waals surface area contributed by atoms with Gasteiger partial charge < -0.3 is 9.64 Å². The molecular formula is C26H26ClN3O3S. The molecule has 0 saturated heterocycles. The molecule has 0 saturated carbocycles. The topological polar surface area (TPSA) is 71.3 Å². The van der Waals surface area contributed by atoms with E-state index in [-0.39, 0.29) is 5.75 Å². The largest absolute Gasteiger partial charge is 0.488 e. The van der Waals surface area contributed by atoms with Crippen LogP contribution in [0.2, 0.25) is 5.02 Å². The van der Waals surface area contributed by atoms with Crippen LogP contribution >= 0.6 is 11.6 Å². The van der Waals surface area contributed by atoms with Gasteiger partial charge in [0.05, 0.1) is 22.9 Å². The summed E-state index contributed by atoms with van der Waals surface area (Å²) in [5.41, 5.74) is 3.36. The zero-order valence-electron chi connectivity index (χ0n) is 19.1. The van der Waals surface area contributed by atoms with E-state index in [4.69, 9.17) is 16.3 Å². The molecule has 176 valence electrons. The Morgan fingerprint density at radius 1 is 1.00 bits per heavy atom. The van der Waals surface area contributed by atoms with Crippen molar-refractivity contribution in [3.63, 3.8) is 0 Å². The molecule has 0 amide bonds. The van der Waals surface area contributed by atoms with Gasteiger partial charge in [0.25, 0.3) is 0 Å². The Hall–Kier alpha value is -3.16. The predicted molar refractivity (Wildman–Crippen MR) is 139 cm³/mol. The Balaban J connectivity index is 1.47. The summed E-state index contributed by atoms with van der Waals surface area (Å²) >= 11 is 6.07. The number of benzene rings is 3. The zero-order valence-corrected chi connectivity index (χ0v) is 20.6. The third kappa shape index (κ3) is 5.85. The highest BCUT2D eigenvalue weighted by molar-refractivity contribution is 7.91. The maximum Gasteiger partial charge on any atom is 0.161 e. The number of ether oxygens (including phenoxy) is 1. The zero-order chi connectivity index (χ0) is 24.1. The number of aliphatic imine (C=N–C) groups is 2. The molecule has 3 aromatic carbocycles. The molecule has 0 radical (unpaired) electrons. The molecule has 6 nitrogen and oxygen atoms in total. The molecule has 0 N–H and O–H groups in total. The third-order valence-corrected chi connectivity index (χ3v) is 7.84. The molecule has 0 atom stereocenters. The molecule has 1 aliphatic heterocycles. The molecule has 0 bridgehead atoms. The Bertz CT molecular complexity index is 1340. The van der Waals surface area contributed by atoms with Crippen molar-refractivity contribution < 1.29 is 13.2 Å². The number of para-hydroxylation sites is 1. The van der Waals surface area contributed by atoms with Crippen LogP contribution in [-0.4, -0.2) is 32.5 Å². The summed E-state index contributed by atoms with van der Waals surface area (Å²) in [6.45, 7) is 4.14. The van der Waals surface area contributed by atoms with Gasteiger partial charge in [-0.15, -0.1) is 0 Å². The van der Waals surface area contributed by atoms with Crippen LogP contribution in [-0.2, 0) is 22.2 Å². The molecule has 1 heterocycles. The second-order valence-corrected chi connectivity index (χ2v) is 11.3. The first-order valence-electron chi connectivity index (χ1n) is 10.9. The molecule has 3 aromatic rings. The van der Waals surface area contributed by atoms with E-state index in [0.29, 0.717) is 29.9 Å². The number of sulfone groups is 1. The number of rotatable bonds is 8. The van der Waals surface area contributed by atoms with E-state index < -0.39 is 15.1 Å². The summed E-state index contributed by atoms with van der Waals surface area (Å²) < 4.78 is 30.6. The summed E-state index contributed by atoms with van der Waals surface area (Å²) in [7, 11) is -3.18. The molecule has 0 aromatic heterocycles. The smallest absolute Gasteiger partial charge is 0.161 e. The Labute approximate surface area is 205 Å². The minimum absolute atomic E-state index is 0.00927. The van der Waals surface area contributed by atoms with Gasteiger partial charge in [0.1, 0.15) is 19.0 Å². The average Bonchev–Trinajstić information content (AvgIpc) is 2.83.